The van der Waals surface area contributed by atoms with E-state index in [1.807, 2.05) is 0 Å². The summed E-state index contributed by atoms with van der Waals surface area (Å²) in [6.07, 6.45) is 1.22. The minimum atomic E-state index is -0.656. The molecule has 0 aliphatic heterocycles. The molecule has 0 fully saturated rings. The van der Waals surface area contributed by atoms with E-state index >= 15 is 0 Å². The molecule has 1 aliphatic carbocycles. The third-order valence-electron chi connectivity index (χ3n) is 6.14. The van der Waals surface area contributed by atoms with Crippen LogP contribution in [-0.2, 0) is 7.05 Å². The van der Waals surface area contributed by atoms with E-state index in [1.54, 1.807) is 80.7 Å². The van der Waals surface area contributed by atoms with E-state index in [9.17, 15) is 24.3 Å². The fraction of sp³-hybridized carbons (Fsp3) is 0.0714. The van der Waals surface area contributed by atoms with Crippen molar-refractivity contribution in [3.8, 4) is 5.75 Å². The Morgan fingerprint density at radius 3 is 2.17 bits per heavy atom. The van der Waals surface area contributed by atoms with Gasteiger partial charge in [-0.1, -0.05) is 36.4 Å². The quantitative estimate of drug-likeness (QED) is 0.305. The Hall–Kier alpha value is -4.78. The van der Waals surface area contributed by atoms with E-state index in [-0.39, 0.29) is 28.4 Å². The fourth-order valence-corrected chi connectivity index (χ4v) is 4.41. The number of rotatable bonds is 4. The number of fused-ring (bicyclic) bond motifs is 3. The van der Waals surface area contributed by atoms with Gasteiger partial charge in [0.1, 0.15) is 11.3 Å². The first-order chi connectivity index (χ1) is 16.8. The highest BCUT2D eigenvalue weighted by Gasteiger charge is 2.29. The summed E-state index contributed by atoms with van der Waals surface area (Å²) in [4.78, 5) is 51.5. The van der Waals surface area contributed by atoms with E-state index in [4.69, 9.17) is 0 Å². The SMILES string of the molecule is CC(=CC(=O)c1c(O)c2ccccc2n(C)c1=O)Nc1ccc2c(c1)C(=O)c1ccccc1C2=O. The molecule has 0 saturated heterocycles. The number of benzene rings is 3. The number of hydrogen-bond donors (Lipinski definition) is 2. The molecule has 35 heavy (non-hydrogen) atoms. The zero-order chi connectivity index (χ0) is 24.9. The first-order valence-corrected chi connectivity index (χ1v) is 10.9. The molecule has 3 aromatic carbocycles. The first-order valence-electron chi connectivity index (χ1n) is 10.9. The molecule has 1 aliphatic rings. The van der Waals surface area contributed by atoms with Gasteiger partial charge in [0, 0.05) is 52.1 Å². The van der Waals surface area contributed by atoms with Gasteiger partial charge in [-0.25, -0.2) is 0 Å². The summed E-state index contributed by atoms with van der Waals surface area (Å²) < 4.78 is 1.32. The van der Waals surface area contributed by atoms with Gasteiger partial charge in [0.2, 0.25) is 0 Å². The van der Waals surface area contributed by atoms with Gasteiger partial charge in [-0.05, 0) is 37.3 Å². The van der Waals surface area contributed by atoms with E-state index in [0.29, 0.717) is 39.0 Å². The molecule has 2 N–H and O–H groups in total. The molecule has 5 rings (SSSR count). The molecule has 1 aromatic heterocycles. The molecule has 1 heterocycles. The number of para-hydroxylation sites is 1. The van der Waals surface area contributed by atoms with Gasteiger partial charge < -0.3 is 15.0 Å². The van der Waals surface area contributed by atoms with Crippen LogP contribution in [0, 0.1) is 0 Å². The fourth-order valence-electron chi connectivity index (χ4n) is 4.41. The Kier molecular flexibility index (Phi) is 5.17. The van der Waals surface area contributed by atoms with E-state index in [2.05, 4.69) is 5.32 Å². The molecule has 4 aromatic rings. The minimum Gasteiger partial charge on any atom is -0.506 e. The number of pyridine rings is 1. The third kappa shape index (κ3) is 3.54. The number of ketones is 3. The monoisotopic (exact) mass is 464 g/mol. The summed E-state index contributed by atoms with van der Waals surface area (Å²) in [5.74, 6) is -1.49. The molecule has 172 valence electrons. The normalized spacial score (nSPS) is 12.9. The van der Waals surface area contributed by atoms with Crippen LogP contribution >= 0.6 is 0 Å². The van der Waals surface area contributed by atoms with Crippen LogP contribution in [0.15, 0.2) is 83.3 Å². The van der Waals surface area contributed by atoms with Crippen molar-refractivity contribution >= 4 is 33.9 Å². The Morgan fingerprint density at radius 2 is 1.46 bits per heavy atom. The van der Waals surface area contributed by atoms with Gasteiger partial charge in [0.15, 0.2) is 17.3 Å². The van der Waals surface area contributed by atoms with Crippen LogP contribution in [0.3, 0.4) is 0 Å². The summed E-state index contributed by atoms with van der Waals surface area (Å²) in [6.45, 7) is 1.63. The average Bonchev–Trinajstić information content (AvgIpc) is 2.86. The summed E-state index contributed by atoms with van der Waals surface area (Å²) in [5, 5.41) is 14.1. The van der Waals surface area contributed by atoms with Crippen molar-refractivity contribution < 1.29 is 19.5 Å². The maximum atomic E-state index is 13.0. The molecule has 0 amide bonds. The zero-order valence-corrected chi connectivity index (χ0v) is 19.0. The Labute approximate surface area is 200 Å². The predicted octanol–water partition coefficient (Wildman–Crippen LogP) is 4.22. The van der Waals surface area contributed by atoms with E-state index in [1.165, 1.54) is 10.6 Å². The van der Waals surface area contributed by atoms with E-state index in [0.717, 1.165) is 0 Å². The number of allylic oxidation sites excluding steroid dienone is 2. The zero-order valence-electron chi connectivity index (χ0n) is 19.0. The number of aryl methyl sites for hydroxylation is 1. The number of hydrogen-bond acceptors (Lipinski definition) is 6. The van der Waals surface area contributed by atoms with Crippen molar-refractivity contribution in [3.05, 3.63) is 117 Å². The standard InChI is InChI=1S/C28H20N2O5/c1-15(13-23(31)24-27(34)20-9-5-6-10-22(20)30(2)28(24)35)29-16-11-12-19-21(14-16)26(33)18-8-4-3-7-17(18)25(19)32/h3-14,29,34H,1-2H3. The van der Waals surface area contributed by atoms with Gasteiger partial charge in [0.05, 0.1) is 5.52 Å². The lowest BCUT2D eigenvalue weighted by molar-refractivity contribution is 0.0979. The largest absolute Gasteiger partial charge is 0.506 e. The van der Waals surface area contributed by atoms with Crippen LogP contribution in [-0.4, -0.2) is 27.0 Å². The van der Waals surface area contributed by atoms with Crippen molar-refractivity contribution in [1.29, 1.82) is 0 Å². The number of nitrogens with zero attached hydrogens (tertiary/aromatic N) is 1. The Bertz CT molecular complexity index is 1680. The second-order valence-electron chi connectivity index (χ2n) is 8.39. The highest BCUT2D eigenvalue weighted by atomic mass is 16.3. The summed E-state index contributed by atoms with van der Waals surface area (Å²) in [7, 11) is 1.54. The van der Waals surface area contributed by atoms with Gasteiger partial charge in [-0.3, -0.25) is 19.2 Å². The van der Waals surface area contributed by atoms with Gasteiger partial charge in [0.25, 0.3) is 5.56 Å². The lowest BCUT2D eigenvalue weighted by Gasteiger charge is -2.18. The van der Waals surface area contributed by atoms with Crippen LogP contribution < -0.4 is 10.9 Å². The second kappa shape index (κ2) is 8.22. The second-order valence-corrected chi connectivity index (χ2v) is 8.39. The third-order valence-corrected chi connectivity index (χ3v) is 6.14. The maximum Gasteiger partial charge on any atom is 0.265 e. The number of carbonyl (C=O) groups excluding carboxylic acids is 3. The number of nitrogens with one attached hydrogen (secondary N) is 1. The van der Waals surface area contributed by atoms with Crippen molar-refractivity contribution in [1.82, 2.24) is 4.57 Å². The highest BCUT2D eigenvalue weighted by Crippen LogP contribution is 2.30. The molecule has 7 nitrogen and oxygen atoms in total. The molecule has 7 heteroatoms. The van der Waals surface area contributed by atoms with E-state index < -0.39 is 11.3 Å². The van der Waals surface area contributed by atoms with Crippen molar-refractivity contribution in [2.45, 2.75) is 6.92 Å². The lowest BCUT2D eigenvalue weighted by Crippen LogP contribution is -2.24. The van der Waals surface area contributed by atoms with Crippen molar-refractivity contribution in [2.75, 3.05) is 5.32 Å². The molecule has 0 spiro atoms. The van der Waals surface area contributed by atoms with Crippen LogP contribution in [0.25, 0.3) is 10.9 Å². The van der Waals surface area contributed by atoms with Crippen molar-refractivity contribution in [2.24, 2.45) is 7.05 Å². The number of aromatic nitrogens is 1. The van der Waals surface area contributed by atoms with Crippen LogP contribution in [0.4, 0.5) is 5.69 Å². The van der Waals surface area contributed by atoms with Crippen molar-refractivity contribution in [3.63, 3.8) is 0 Å². The molecule has 0 saturated carbocycles. The van der Waals surface area contributed by atoms with Crippen LogP contribution in [0.2, 0.25) is 0 Å². The summed E-state index contributed by atoms with van der Waals surface area (Å²) >= 11 is 0. The minimum absolute atomic E-state index is 0.216. The summed E-state index contributed by atoms with van der Waals surface area (Å²) in [5.41, 5.74) is 1.81. The molecular formula is C28H20N2O5. The molecule has 0 unspecified atom stereocenters. The number of anilines is 1. The molecule has 0 bridgehead atoms. The maximum absolute atomic E-state index is 13.0. The summed E-state index contributed by atoms with van der Waals surface area (Å²) in [6, 6.07) is 18.3. The van der Waals surface area contributed by atoms with Gasteiger partial charge in [-0.2, -0.15) is 0 Å². The molecule has 0 radical (unpaired) electrons. The number of carbonyl (C=O) groups is 3. The Morgan fingerprint density at radius 1 is 0.857 bits per heavy atom. The van der Waals surface area contributed by atoms with Gasteiger partial charge >= 0.3 is 0 Å². The topological polar surface area (TPSA) is 105 Å². The Balaban J connectivity index is 1.47. The highest BCUT2D eigenvalue weighted by molar-refractivity contribution is 6.28. The number of aromatic hydroxyl groups is 1. The average molecular weight is 464 g/mol. The predicted molar refractivity (Wildman–Crippen MR) is 132 cm³/mol. The lowest BCUT2D eigenvalue weighted by atomic mass is 9.84. The van der Waals surface area contributed by atoms with Crippen LogP contribution in [0.1, 0.15) is 49.1 Å². The van der Waals surface area contributed by atoms with Gasteiger partial charge in [-0.15, -0.1) is 0 Å². The molecule has 0 atom stereocenters. The molecular weight excluding hydrogens is 444 g/mol. The van der Waals surface area contributed by atoms with Crippen LogP contribution in [0.5, 0.6) is 5.75 Å². The smallest absolute Gasteiger partial charge is 0.265 e. The first kappa shape index (κ1) is 22.0.